The van der Waals surface area contributed by atoms with Gasteiger partial charge in [0.25, 0.3) is 0 Å². The normalized spacial score (nSPS) is 23.6. The SMILES string of the molecule is CCCCCCCC[C@@H]1O[C@]1(C(O)C#Cc1ccccc1)[Si](C)(C)C. The zero-order chi connectivity index (χ0) is 18.3. The van der Waals surface area contributed by atoms with Crippen molar-refractivity contribution in [2.75, 3.05) is 0 Å². The molecule has 1 aromatic rings. The van der Waals surface area contributed by atoms with E-state index in [9.17, 15) is 5.11 Å². The van der Waals surface area contributed by atoms with Crippen LogP contribution in [0.5, 0.6) is 0 Å². The van der Waals surface area contributed by atoms with Gasteiger partial charge in [0.15, 0.2) is 0 Å². The van der Waals surface area contributed by atoms with E-state index in [1.807, 2.05) is 30.3 Å². The van der Waals surface area contributed by atoms with Crippen molar-refractivity contribution in [1.82, 2.24) is 0 Å². The van der Waals surface area contributed by atoms with E-state index in [2.05, 4.69) is 38.4 Å². The van der Waals surface area contributed by atoms with Gasteiger partial charge in [0.05, 0.1) is 14.2 Å². The van der Waals surface area contributed by atoms with Crippen molar-refractivity contribution >= 4 is 8.07 Å². The van der Waals surface area contributed by atoms with E-state index in [0.29, 0.717) is 0 Å². The summed E-state index contributed by atoms with van der Waals surface area (Å²) in [4.78, 5) is 0. The van der Waals surface area contributed by atoms with E-state index in [4.69, 9.17) is 4.74 Å². The molecule has 0 aromatic heterocycles. The van der Waals surface area contributed by atoms with E-state index >= 15 is 0 Å². The van der Waals surface area contributed by atoms with Crippen molar-refractivity contribution < 1.29 is 9.84 Å². The molecule has 1 fully saturated rings. The summed E-state index contributed by atoms with van der Waals surface area (Å²) < 4.78 is 6.16. The summed E-state index contributed by atoms with van der Waals surface area (Å²) in [6, 6.07) is 9.87. The molecule has 0 amide bonds. The molecule has 1 saturated heterocycles. The molecule has 25 heavy (non-hydrogen) atoms. The number of epoxide rings is 1. The van der Waals surface area contributed by atoms with Crippen molar-refractivity contribution in [3.8, 4) is 11.8 Å². The molecular formula is C22H34O2Si. The van der Waals surface area contributed by atoms with Crippen LogP contribution in [-0.2, 0) is 4.74 Å². The minimum atomic E-state index is -1.69. The standard InChI is InChI=1S/C22H34O2Si/c1-5-6-7-8-9-13-16-21-22(24-21,25(2,3)4)20(23)18-17-19-14-11-10-12-15-19/h10-12,14-15,20-21,23H,5-9,13,16H2,1-4H3/t20?,21-,22+/m0/s1. The second-order valence-electron chi connectivity index (χ2n) is 8.24. The summed E-state index contributed by atoms with van der Waals surface area (Å²) in [5, 5.41) is 10.4. The maximum atomic E-state index is 10.8. The van der Waals surface area contributed by atoms with Crippen molar-refractivity contribution in [2.45, 2.75) is 88.9 Å². The molecule has 3 heteroatoms. The van der Waals surface area contributed by atoms with Crippen LogP contribution < -0.4 is 0 Å². The van der Waals surface area contributed by atoms with Gasteiger partial charge in [-0.25, -0.2) is 0 Å². The third-order valence-electron chi connectivity index (χ3n) is 5.28. The molecule has 0 radical (unpaired) electrons. The lowest BCUT2D eigenvalue weighted by Crippen LogP contribution is -2.51. The molecule has 1 N–H and O–H groups in total. The average molecular weight is 359 g/mol. The molecule has 138 valence electrons. The van der Waals surface area contributed by atoms with Crippen LogP contribution in [0.1, 0.15) is 57.4 Å². The molecular weight excluding hydrogens is 324 g/mol. The largest absolute Gasteiger partial charge is 0.378 e. The third kappa shape index (κ3) is 5.20. The highest BCUT2D eigenvalue weighted by Gasteiger charge is 2.67. The number of aliphatic hydroxyl groups is 1. The Kier molecular flexibility index (Phi) is 7.31. The monoisotopic (exact) mass is 358 g/mol. The van der Waals surface area contributed by atoms with E-state index in [1.165, 1.54) is 38.5 Å². The number of rotatable bonds is 9. The number of hydrogen-bond acceptors (Lipinski definition) is 2. The highest BCUT2D eigenvalue weighted by molar-refractivity contribution is 6.80. The second kappa shape index (κ2) is 9.03. The molecule has 3 atom stereocenters. The van der Waals surface area contributed by atoms with Gasteiger partial charge in [0.1, 0.15) is 11.3 Å². The number of ether oxygens (including phenoxy) is 1. The lowest BCUT2D eigenvalue weighted by atomic mass is 10.0. The minimum absolute atomic E-state index is 0.186. The van der Waals surface area contributed by atoms with Crippen molar-refractivity contribution in [3.05, 3.63) is 35.9 Å². The molecule has 0 bridgehead atoms. The van der Waals surface area contributed by atoms with Crippen LogP contribution in [0.15, 0.2) is 30.3 Å². The van der Waals surface area contributed by atoms with Crippen LogP contribution in [-0.4, -0.2) is 30.6 Å². The van der Waals surface area contributed by atoms with E-state index in [1.54, 1.807) is 0 Å². The van der Waals surface area contributed by atoms with Gasteiger partial charge >= 0.3 is 0 Å². The van der Waals surface area contributed by atoms with Crippen molar-refractivity contribution in [1.29, 1.82) is 0 Å². The highest BCUT2D eigenvalue weighted by Crippen LogP contribution is 2.49. The summed E-state index contributed by atoms with van der Waals surface area (Å²) in [5.41, 5.74) is 0.945. The zero-order valence-electron chi connectivity index (χ0n) is 16.3. The van der Waals surface area contributed by atoms with Crippen molar-refractivity contribution in [2.24, 2.45) is 0 Å². The molecule has 0 aliphatic carbocycles. The first-order valence-corrected chi connectivity index (χ1v) is 13.3. The first-order valence-electron chi connectivity index (χ1n) is 9.84. The highest BCUT2D eigenvalue weighted by atomic mass is 28.3. The molecule has 2 rings (SSSR count). The van der Waals surface area contributed by atoms with Gasteiger partial charge in [-0.15, -0.1) is 0 Å². The first-order chi connectivity index (χ1) is 11.9. The molecule has 1 aliphatic rings. The molecule has 1 heterocycles. The van der Waals surface area contributed by atoms with Crippen LogP contribution in [0.2, 0.25) is 19.6 Å². The Balaban J connectivity index is 1.93. The van der Waals surface area contributed by atoms with Crippen molar-refractivity contribution in [3.63, 3.8) is 0 Å². The van der Waals surface area contributed by atoms with Gasteiger partial charge < -0.3 is 9.84 Å². The molecule has 1 aliphatic heterocycles. The van der Waals surface area contributed by atoms with Gasteiger partial charge in [0.2, 0.25) is 0 Å². The van der Waals surface area contributed by atoms with E-state index < -0.39 is 19.4 Å². The molecule has 1 aromatic carbocycles. The fourth-order valence-corrected chi connectivity index (χ4v) is 6.17. The predicted octanol–water partition coefficient (Wildman–Crippen LogP) is 5.16. The zero-order valence-corrected chi connectivity index (χ0v) is 17.3. The first kappa shape index (κ1) is 20.2. The van der Waals surface area contributed by atoms with Gasteiger partial charge in [-0.05, 0) is 18.6 Å². The molecule has 1 unspecified atom stereocenters. The predicted molar refractivity (Wildman–Crippen MR) is 108 cm³/mol. The average Bonchev–Trinajstić information content (AvgIpc) is 3.32. The maximum Gasteiger partial charge on any atom is 0.143 e. The fourth-order valence-electron chi connectivity index (χ4n) is 3.68. The number of hydrogen-bond donors (Lipinski definition) is 1. The number of aliphatic hydroxyl groups excluding tert-OH is 1. The molecule has 0 saturated carbocycles. The van der Waals surface area contributed by atoms with Gasteiger partial charge in [-0.3, -0.25) is 0 Å². The quantitative estimate of drug-likeness (QED) is 0.286. The fraction of sp³-hybridized carbons (Fsp3) is 0.636. The molecule has 2 nitrogen and oxygen atoms in total. The summed E-state index contributed by atoms with van der Waals surface area (Å²) >= 11 is 0. The smallest absolute Gasteiger partial charge is 0.143 e. The van der Waals surface area contributed by atoms with Crippen LogP contribution in [0.4, 0.5) is 0 Å². The van der Waals surface area contributed by atoms with E-state index in [-0.39, 0.29) is 6.10 Å². The summed E-state index contributed by atoms with van der Waals surface area (Å²) in [7, 11) is -1.69. The van der Waals surface area contributed by atoms with Gasteiger partial charge in [-0.2, -0.15) is 0 Å². The molecule has 0 spiro atoms. The Morgan fingerprint density at radius 2 is 1.72 bits per heavy atom. The Morgan fingerprint density at radius 1 is 1.08 bits per heavy atom. The third-order valence-corrected chi connectivity index (χ3v) is 8.34. The van der Waals surface area contributed by atoms with Crippen LogP contribution >= 0.6 is 0 Å². The summed E-state index contributed by atoms with van der Waals surface area (Å²) in [6.07, 6.45) is 8.30. The Bertz CT molecular complexity index is 582. The Morgan fingerprint density at radius 3 is 2.36 bits per heavy atom. The summed E-state index contributed by atoms with van der Waals surface area (Å²) in [6.45, 7) is 9.09. The second-order valence-corrected chi connectivity index (χ2v) is 13.5. The van der Waals surface area contributed by atoms with Crippen LogP contribution in [0.3, 0.4) is 0 Å². The minimum Gasteiger partial charge on any atom is -0.378 e. The maximum absolute atomic E-state index is 10.8. The van der Waals surface area contributed by atoms with Crippen LogP contribution in [0, 0.1) is 11.8 Å². The van der Waals surface area contributed by atoms with Gasteiger partial charge in [-0.1, -0.05) is 95.1 Å². The topological polar surface area (TPSA) is 32.8 Å². The lowest BCUT2D eigenvalue weighted by Gasteiger charge is -2.28. The number of unbranched alkanes of at least 4 members (excludes halogenated alkanes) is 5. The van der Waals surface area contributed by atoms with Crippen LogP contribution in [0.25, 0.3) is 0 Å². The summed E-state index contributed by atoms with van der Waals surface area (Å²) in [5.74, 6) is 6.19. The Hall–Kier alpha value is -1.08. The lowest BCUT2D eigenvalue weighted by molar-refractivity contribution is 0.159. The number of benzene rings is 1. The van der Waals surface area contributed by atoms with Gasteiger partial charge in [0, 0.05) is 5.56 Å². The Labute approximate surface area is 155 Å². The van der Waals surface area contributed by atoms with E-state index in [0.717, 1.165) is 12.0 Å².